The second-order valence-corrected chi connectivity index (χ2v) is 23.8. The maximum Gasteiger partial charge on any atom is 0.120 e. The summed E-state index contributed by atoms with van der Waals surface area (Å²) in [5.74, 6) is 0.792. The molecule has 0 saturated heterocycles. The number of nitrogens with zero attached hydrogens (tertiary/aromatic N) is 2. The summed E-state index contributed by atoms with van der Waals surface area (Å²) in [6, 6.07) is 25.8. The molecule has 0 fully saturated rings. The highest BCUT2D eigenvalue weighted by Gasteiger charge is 2.29. The lowest BCUT2D eigenvalue weighted by Crippen LogP contribution is -2.33. The van der Waals surface area contributed by atoms with Gasteiger partial charge in [-0.3, -0.25) is 9.80 Å². The largest absolute Gasteiger partial charge is 0.508 e. The third-order valence-electron chi connectivity index (χ3n) is 16.9. The van der Waals surface area contributed by atoms with Crippen LogP contribution in [0.2, 0.25) is 0 Å². The number of aromatic hydroxyl groups is 2. The zero-order valence-corrected chi connectivity index (χ0v) is 50.8. The molecule has 434 valence electrons. The molecule has 0 aliphatic heterocycles. The van der Waals surface area contributed by atoms with E-state index in [4.69, 9.17) is 0 Å². The van der Waals surface area contributed by atoms with Gasteiger partial charge in [-0.05, 0) is 75.1 Å². The van der Waals surface area contributed by atoms with Gasteiger partial charge in [0.15, 0.2) is 0 Å². The fourth-order valence-corrected chi connectivity index (χ4v) is 12.2. The van der Waals surface area contributed by atoms with E-state index in [1.165, 1.54) is 294 Å². The molecule has 0 radical (unpaired) electrons. The van der Waals surface area contributed by atoms with Crippen molar-refractivity contribution in [1.82, 2.24) is 9.80 Å². The van der Waals surface area contributed by atoms with Gasteiger partial charge in [-0.25, -0.2) is 0 Å². The topological polar surface area (TPSA) is 46.9 Å². The molecule has 2 unspecified atom stereocenters. The lowest BCUT2D eigenvalue weighted by Gasteiger charge is -2.36. The molecule has 0 spiro atoms. The quantitative estimate of drug-likeness (QED) is 0.0553. The minimum Gasteiger partial charge on any atom is -0.508 e. The van der Waals surface area contributed by atoms with Crippen LogP contribution in [0.25, 0.3) is 0 Å². The zero-order chi connectivity index (χ0) is 54.2. The van der Waals surface area contributed by atoms with Gasteiger partial charge in [0, 0.05) is 11.1 Å². The molecule has 3 aromatic rings. The summed E-state index contributed by atoms with van der Waals surface area (Å²) in [6.45, 7) is 13.4. The molecule has 3 aromatic carbocycles. The molecule has 0 saturated carbocycles. The number of hydrogen-bond donors (Lipinski definition) is 2. The summed E-state index contributed by atoms with van der Waals surface area (Å²) in [6.07, 6.45) is 59.1. The standard InChI is InChI=1S/C72H124N2O2/c1-5-9-13-17-21-25-29-33-37-41-49-60-73(61-50-42-38-34-30-26-22-18-14-10-6-2)71(67-56-45-47-58-69(67)75)65-54-53-55-66(64-65)72(68-57-46-48-59-70(68)76)74(62-51-43-39-35-31-27-23-19-15-11-7-3)63-52-44-40-36-32-28-24-20-16-12-8-4/h45-48,53-59,64,71-72,75-76H,5-44,49-52,60-63H2,1-4H3. The first-order valence-electron chi connectivity index (χ1n) is 33.7. The van der Waals surface area contributed by atoms with Crippen molar-refractivity contribution in [3.8, 4) is 11.5 Å². The molecular formula is C72H124N2O2. The maximum atomic E-state index is 11.8. The number of para-hydroxylation sites is 2. The van der Waals surface area contributed by atoms with Crippen LogP contribution in [0.4, 0.5) is 0 Å². The average Bonchev–Trinajstić information content (AvgIpc) is 3.44. The van der Waals surface area contributed by atoms with Gasteiger partial charge < -0.3 is 10.2 Å². The Hall–Kier alpha value is -2.82. The monoisotopic (exact) mass is 1050 g/mol. The Morgan fingerprint density at radius 3 is 0.697 bits per heavy atom. The number of benzene rings is 3. The Bertz CT molecular complexity index is 1550. The van der Waals surface area contributed by atoms with E-state index in [2.05, 4.69) is 86.0 Å². The Balaban J connectivity index is 1.89. The van der Waals surface area contributed by atoms with E-state index in [-0.39, 0.29) is 12.1 Å². The van der Waals surface area contributed by atoms with E-state index in [9.17, 15) is 10.2 Å². The van der Waals surface area contributed by atoms with Gasteiger partial charge >= 0.3 is 0 Å². The summed E-state index contributed by atoms with van der Waals surface area (Å²) in [5, 5.41) is 23.6. The first-order chi connectivity index (χ1) is 37.5. The predicted molar refractivity (Wildman–Crippen MR) is 335 cm³/mol. The molecule has 0 aliphatic carbocycles. The average molecular weight is 1050 g/mol. The number of phenolic OH excluding ortho intramolecular Hbond substituents is 2. The molecule has 2 N–H and O–H groups in total. The van der Waals surface area contributed by atoms with Crippen LogP contribution in [-0.4, -0.2) is 46.2 Å². The maximum absolute atomic E-state index is 11.8. The number of phenols is 2. The van der Waals surface area contributed by atoms with E-state index in [0.29, 0.717) is 11.5 Å². The Morgan fingerprint density at radius 1 is 0.263 bits per heavy atom. The normalized spacial score (nSPS) is 12.6. The SMILES string of the molecule is CCCCCCCCCCCCCN(CCCCCCCCCCCCC)C(c1cccc(C(c2ccccc2O)N(CCCCCCCCCCCCC)CCCCCCCCCCCCC)c1)c1ccccc1O. The van der Waals surface area contributed by atoms with Gasteiger partial charge in [-0.15, -0.1) is 0 Å². The minimum atomic E-state index is -0.0517. The molecule has 3 rings (SSSR count). The Morgan fingerprint density at radius 2 is 0.474 bits per heavy atom. The summed E-state index contributed by atoms with van der Waals surface area (Å²) in [4.78, 5) is 5.50. The lowest BCUT2D eigenvalue weighted by atomic mass is 9.90. The van der Waals surface area contributed by atoms with Crippen LogP contribution in [0.5, 0.6) is 11.5 Å². The third kappa shape index (κ3) is 31.7. The van der Waals surface area contributed by atoms with Crippen LogP contribution < -0.4 is 0 Å². The van der Waals surface area contributed by atoms with Gasteiger partial charge in [0.1, 0.15) is 11.5 Å². The van der Waals surface area contributed by atoms with Gasteiger partial charge in [0.2, 0.25) is 0 Å². The molecular weight excluding hydrogens is 925 g/mol. The highest BCUT2D eigenvalue weighted by Crippen LogP contribution is 2.40. The zero-order valence-electron chi connectivity index (χ0n) is 50.8. The second kappa shape index (κ2) is 48.1. The van der Waals surface area contributed by atoms with Crippen LogP contribution in [0.15, 0.2) is 72.8 Å². The van der Waals surface area contributed by atoms with E-state index < -0.39 is 0 Å². The first kappa shape index (κ1) is 67.5. The lowest BCUT2D eigenvalue weighted by molar-refractivity contribution is 0.207. The second-order valence-electron chi connectivity index (χ2n) is 23.8. The van der Waals surface area contributed by atoms with E-state index >= 15 is 0 Å². The smallest absolute Gasteiger partial charge is 0.120 e. The van der Waals surface area contributed by atoms with Crippen molar-refractivity contribution >= 4 is 0 Å². The Labute approximate surface area is 472 Å². The third-order valence-corrected chi connectivity index (χ3v) is 16.9. The van der Waals surface area contributed by atoms with E-state index in [0.717, 1.165) is 37.3 Å². The summed E-state index contributed by atoms with van der Waals surface area (Å²) >= 11 is 0. The van der Waals surface area contributed by atoms with E-state index in [1.54, 1.807) is 0 Å². The van der Waals surface area contributed by atoms with Crippen LogP contribution in [0, 0.1) is 0 Å². The van der Waals surface area contributed by atoms with Gasteiger partial charge in [-0.1, -0.05) is 345 Å². The van der Waals surface area contributed by atoms with Crippen LogP contribution in [0.1, 0.15) is 345 Å². The van der Waals surface area contributed by atoms with Crippen molar-refractivity contribution in [3.05, 3.63) is 95.1 Å². The van der Waals surface area contributed by atoms with Crippen molar-refractivity contribution in [2.24, 2.45) is 0 Å². The Kier molecular flexibility index (Phi) is 42.7. The van der Waals surface area contributed by atoms with Crippen molar-refractivity contribution < 1.29 is 10.2 Å². The summed E-state index contributed by atoms with van der Waals surface area (Å²) in [7, 11) is 0. The van der Waals surface area contributed by atoms with Gasteiger partial charge in [-0.2, -0.15) is 0 Å². The molecule has 4 nitrogen and oxygen atoms in total. The minimum absolute atomic E-state index is 0.0517. The molecule has 2 atom stereocenters. The molecule has 0 bridgehead atoms. The highest BCUT2D eigenvalue weighted by molar-refractivity contribution is 5.45. The molecule has 0 aromatic heterocycles. The first-order valence-corrected chi connectivity index (χ1v) is 33.7. The fraction of sp³-hybridized carbons (Fsp3) is 0.750. The molecule has 0 aliphatic rings. The van der Waals surface area contributed by atoms with Crippen molar-refractivity contribution in [3.63, 3.8) is 0 Å². The highest BCUT2D eigenvalue weighted by atomic mass is 16.3. The van der Waals surface area contributed by atoms with Crippen molar-refractivity contribution in [2.45, 2.75) is 322 Å². The van der Waals surface area contributed by atoms with Crippen LogP contribution in [0.3, 0.4) is 0 Å². The number of rotatable bonds is 54. The molecule has 4 heteroatoms. The van der Waals surface area contributed by atoms with Crippen molar-refractivity contribution in [1.29, 1.82) is 0 Å². The van der Waals surface area contributed by atoms with Crippen molar-refractivity contribution in [2.75, 3.05) is 26.2 Å². The summed E-state index contributed by atoms with van der Waals surface area (Å²) in [5.41, 5.74) is 4.55. The predicted octanol–water partition coefficient (Wildman–Crippen LogP) is 23.1. The van der Waals surface area contributed by atoms with Crippen LogP contribution in [-0.2, 0) is 0 Å². The molecule has 76 heavy (non-hydrogen) atoms. The number of hydrogen-bond acceptors (Lipinski definition) is 4. The van der Waals surface area contributed by atoms with Gasteiger partial charge in [0.25, 0.3) is 0 Å². The van der Waals surface area contributed by atoms with Gasteiger partial charge in [0.05, 0.1) is 12.1 Å². The molecule has 0 amide bonds. The van der Waals surface area contributed by atoms with E-state index in [1.807, 2.05) is 24.3 Å². The van der Waals surface area contributed by atoms with Crippen LogP contribution >= 0.6 is 0 Å². The number of unbranched alkanes of at least 4 members (excludes halogenated alkanes) is 40. The summed E-state index contributed by atoms with van der Waals surface area (Å²) < 4.78 is 0. The fourth-order valence-electron chi connectivity index (χ4n) is 12.2. The molecule has 0 heterocycles.